The number of hydrogen-bond donors (Lipinski definition) is 3. The fraction of sp³-hybridized carbons (Fsp3) is 0.361. The van der Waals surface area contributed by atoms with Crippen LogP contribution in [-0.2, 0) is 43.4 Å². The minimum Gasteiger partial charge on any atom is -0.445 e. The number of ether oxygens (including phenoxy) is 1. The first-order valence-corrected chi connectivity index (χ1v) is 15.5. The predicted octanol–water partition coefficient (Wildman–Crippen LogP) is 4.38. The van der Waals surface area contributed by atoms with Crippen LogP contribution in [0.25, 0.3) is 0 Å². The third-order valence-electron chi connectivity index (χ3n) is 6.93. The number of carbonyl (C=O) groups excluding carboxylic acids is 5. The summed E-state index contributed by atoms with van der Waals surface area (Å²) in [5, 5.41) is 6.43. The SMILES string of the molecule is CC(C)C[C@H](NC(=O)OCc1ccccc1)C(=O)N[C@@H](Cc1ccccc1)C(=O)NN(CC(C)C)C(=O)C(=O)Cc1ccccc1. The second-order valence-electron chi connectivity index (χ2n) is 12.0. The molecule has 2 atom stereocenters. The zero-order valence-corrected chi connectivity index (χ0v) is 26.9. The summed E-state index contributed by atoms with van der Waals surface area (Å²) in [4.78, 5) is 66.2. The van der Waals surface area contributed by atoms with Crippen molar-refractivity contribution >= 4 is 29.6 Å². The van der Waals surface area contributed by atoms with Gasteiger partial charge in [-0.05, 0) is 34.9 Å². The van der Waals surface area contributed by atoms with Gasteiger partial charge in [-0.3, -0.25) is 24.6 Å². The molecule has 0 unspecified atom stereocenters. The molecule has 10 heteroatoms. The Balaban J connectivity index is 1.76. The van der Waals surface area contributed by atoms with Crippen LogP contribution in [0.15, 0.2) is 91.0 Å². The molecule has 0 radical (unpaired) electrons. The summed E-state index contributed by atoms with van der Waals surface area (Å²) >= 11 is 0. The van der Waals surface area contributed by atoms with Crippen molar-refractivity contribution in [3.63, 3.8) is 0 Å². The number of alkyl carbamates (subject to hydrolysis) is 1. The van der Waals surface area contributed by atoms with E-state index in [-0.39, 0.29) is 44.2 Å². The number of ketones is 1. The maximum absolute atomic E-state index is 13.7. The summed E-state index contributed by atoms with van der Waals surface area (Å²) in [7, 11) is 0. The smallest absolute Gasteiger partial charge is 0.408 e. The molecule has 0 aliphatic heterocycles. The molecule has 0 aromatic heterocycles. The zero-order chi connectivity index (χ0) is 33.5. The monoisotopic (exact) mass is 628 g/mol. The van der Waals surface area contributed by atoms with Gasteiger partial charge in [0.15, 0.2) is 0 Å². The minimum atomic E-state index is -1.13. The van der Waals surface area contributed by atoms with E-state index in [1.54, 1.807) is 24.3 Å². The molecule has 3 N–H and O–H groups in total. The number of carbonyl (C=O) groups is 5. The van der Waals surface area contributed by atoms with Gasteiger partial charge < -0.3 is 15.4 Å². The van der Waals surface area contributed by atoms with Crippen molar-refractivity contribution in [1.82, 2.24) is 21.1 Å². The maximum Gasteiger partial charge on any atom is 0.408 e. The lowest BCUT2D eigenvalue weighted by atomic mass is 10.0. The summed E-state index contributed by atoms with van der Waals surface area (Å²) in [6.45, 7) is 7.65. The standard InChI is InChI=1S/C36H44N4O6/c1-25(2)20-30(38-36(45)46-24-29-18-12-7-13-19-29)33(42)37-31(21-27-14-8-5-9-15-27)34(43)39-40(23-26(3)4)35(44)32(41)22-28-16-10-6-11-17-28/h5-19,25-26,30-31H,20-24H2,1-4H3,(H,37,42)(H,38,45)(H,39,43)/t30-,31-/m0/s1. The van der Waals surface area contributed by atoms with Gasteiger partial charge in [-0.15, -0.1) is 0 Å². The van der Waals surface area contributed by atoms with E-state index in [1.807, 2.05) is 94.4 Å². The summed E-state index contributed by atoms with van der Waals surface area (Å²) in [6, 6.07) is 25.0. The normalized spacial score (nSPS) is 12.1. The average Bonchev–Trinajstić information content (AvgIpc) is 3.03. The van der Waals surface area contributed by atoms with Crippen molar-refractivity contribution in [2.75, 3.05) is 6.54 Å². The molecule has 0 heterocycles. The van der Waals surface area contributed by atoms with Gasteiger partial charge in [-0.25, -0.2) is 9.80 Å². The van der Waals surface area contributed by atoms with Crippen LogP contribution in [-0.4, -0.2) is 53.2 Å². The summed E-state index contributed by atoms with van der Waals surface area (Å²) in [5.41, 5.74) is 4.83. The van der Waals surface area contributed by atoms with Crippen LogP contribution in [0.5, 0.6) is 0 Å². The predicted molar refractivity (Wildman–Crippen MR) is 175 cm³/mol. The van der Waals surface area contributed by atoms with Gasteiger partial charge in [0.25, 0.3) is 5.91 Å². The molecule has 0 saturated carbocycles. The summed E-state index contributed by atoms with van der Waals surface area (Å²) < 4.78 is 5.33. The molecule has 46 heavy (non-hydrogen) atoms. The maximum atomic E-state index is 13.7. The Morgan fingerprint density at radius 2 is 1.20 bits per heavy atom. The van der Waals surface area contributed by atoms with E-state index in [4.69, 9.17) is 4.74 Å². The highest BCUT2D eigenvalue weighted by atomic mass is 16.5. The molecular formula is C36H44N4O6. The number of hydrogen-bond acceptors (Lipinski definition) is 6. The number of hydrazine groups is 1. The molecular weight excluding hydrogens is 584 g/mol. The molecule has 0 aliphatic carbocycles. The Bertz CT molecular complexity index is 1430. The fourth-order valence-corrected chi connectivity index (χ4v) is 4.70. The lowest BCUT2D eigenvalue weighted by Gasteiger charge is -2.28. The number of Topliss-reactive ketones (excluding diaryl/α,β-unsaturated/α-hetero) is 1. The molecule has 0 aliphatic rings. The zero-order valence-electron chi connectivity index (χ0n) is 26.9. The lowest BCUT2D eigenvalue weighted by molar-refractivity contribution is -0.150. The van der Waals surface area contributed by atoms with Gasteiger partial charge in [0.05, 0.1) is 0 Å². The van der Waals surface area contributed by atoms with Gasteiger partial charge in [0.1, 0.15) is 18.7 Å². The molecule has 4 amide bonds. The highest BCUT2D eigenvalue weighted by Crippen LogP contribution is 2.10. The highest BCUT2D eigenvalue weighted by Gasteiger charge is 2.31. The van der Waals surface area contributed by atoms with E-state index in [1.165, 1.54) is 0 Å². The molecule has 10 nitrogen and oxygen atoms in total. The van der Waals surface area contributed by atoms with E-state index < -0.39 is 41.7 Å². The van der Waals surface area contributed by atoms with Crippen LogP contribution in [0.3, 0.4) is 0 Å². The second kappa shape index (κ2) is 18.1. The number of nitrogens with zero attached hydrogens (tertiary/aromatic N) is 1. The molecule has 0 saturated heterocycles. The van der Waals surface area contributed by atoms with Crippen molar-refractivity contribution in [2.45, 2.75) is 65.6 Å². The Labute approximate surface area is 270 Å². The molecule has 3 aromatic carbocycles. The first-order chi connectivity index (χ1) is 22.0. The Hall–Kier alpha value is -4.99. The first kappa shape index (κ1) is 35.5. The Morgan fingerprint density at radius 3 is 1.74 bits per heavy atom. The quantitative estimate of drug-likeness (QED) is 0.169. The Morgan fingerprint density at radius 1 is 0.652 bits per heavy atom. The van der Waals surface area contributed by atoms with Gasteiger partial charge in [-0.2, -0.15) is 0 Å². The summed E-state index contributed by atoms with van der Waals surface area (Å²) in [6.07, 6.45) is -0.485. The van der Waals surface area contributed by atoms with Gasteiger partial charge in [-0.1, -0.05) is 119 Å². The van der Waals surface area contributed by atoms with Crippen LogP contribution in [0.4, 0.5) is 4.79 Å². The minimum absolute atomic E-state index is 0.0290. The number of benzene rings is 3. The summed E-state index contributed by atoms with van der Waals surface area (Å²) in [5.74, 6) is -2.82. The largest absolute Gasteiger partial charge is 0.445 e. The van der Waals surface area contributed by atoms with Crippen molar-refractivity contribution in [2.24, 2.45) is 11.8 Å². The lowest BCUT2D eigenvalue weighted by Crippen LogP contribution is -2.59. The first-order valence-electron chi connectivity index (χ1n) is 15.5. The molecule has 3 aromatic rings. The van der Waals surface area contributed by atoms with Gasteiger partial charge in [0.2, 0.25) is 11.7 Å². The van der Waals surface area contributed by atoms with Crippen LogP contribution in [0, 0.1) is 11.8 Å². The van der Waals surface area contributed by atoms with Crippen molar-refractivity contribution in [3.05, 3.63) is 108 Å². The molecule has 3 rings (SSSR count). The highest BCUT2D eigenvalue weighted by molar-refractivity contribution is 6.36. The van der Waals surface area contributed by atoms with E-state index in [2.05, 4.69) is 16.1 Å². The van der Waals surface area contributed by atoms with Crippen molar-refractivity contribution in [3.8, 4) is 0 Å². The molecule has 0 fully saturated rings. The van der Waals surface area contributed by atoms with Crippen molar-refractivity contribution in [1.29, 1.82) is 0 Å². The fourth-order valence-electron chi connectivity index (χ4n) is 4.70. The third kappa shape index (κ3) is 12.2. The number of nitrogens with one attached hydrogen (secondary N) is 3. The Kier molecular flexibility index (Phi) is 14.0. The van der Waals surface area contributed by atoms with Crippen LogP contribution in [0.2, 0.25) is 0 Å². The number of amides is 4. The topological polar surface area (TPSA) is 134 Å². The molecule has 0 bridgehead atoms. The van der Waals surface area contributed by atoms with E-state index in [9.17, 15) is 24.0 Å². The second-order valence-corrected chi connectivity index (χ2v) is 12.0. The molecule has 0 spiro atoms. The van der Waals surface area contributed by atoms with E-state index in [0.717, 1.165) is 16.1 Å². The average molecular weight is 629 g/mol. The van der Waals surface area contributed by atoms with E-state index >= 15 is 0 Å². The van der Waals surface area contributed by atoms with Gasteiger partial charge in [0, 0.05) is 19.4 Å². The number of rotatable bonds is 15. The van der Waals surface area contributed by atoms with Crippen LogP contribution < -0.4 is 16.1 Å². The van der Waals surface area contributed by atoms with Crippen LogP contribution >= 0.6 is 0 Å². The van der Waals surface area contributed by atoms with E-state index in [0.29, 0.717) is 5.56 Å². The molecule has 244 valence electrons. The third-order valence-corrected chi connectivity index (χ3v) is 6.93. The van der Waals surface area contributed by atoms with Crippen molar-refractivity contribution < 1.29 is 28.7 Å². The van der Waals surface area contributed by atoms with Crippen LogP contribution in [0.1, 0.15) is 50.8 Å². The van der Waals surface area contributed by atoms with Gasteiger partial charge >= 0.3 is 12.0 Å².